The molecule has 0 radical (unpaired) electrons. The summed E-state index contributed by atoms with van der Waals surface area (Å²) < 4.78 is 0. The lowest BCUT2D eigenvalue weighted by Crippen LogP contribution is -2.24. The van der Waals surface area contributed by atoms with Gasteiger partial charge in [0.1, 0.15) is 0 Å². The second kappa shape index (κ2) is 5.50. The molecule has 0 aliphatic heterocycles. The quantitative estimate of drug-likeness (QED) is 0.488. The van der Waals surface area contributed by atoms with E-state index in [-0.39, 0.29) is 6.42 Å². The molecule has 4 heteroatoms. The van der Waals surface area contributed by atoms with E-state index >= 15 is 0 Å². The Morgan fingerprint density at radius 3 is 2.60 bits per heavy atom. The molecule has 0 aromatic heterocycles. The van der Waals surface area contributed by atoms with Crippen LogP contribution in [0.25, 0.3) is 0 Å². The number of carboxylic acids is 1. The van der Waals surface area contributed by atoms with Crippen LogP contribution in [0.2, 0.25) is 0 Å². The molecule has 0 rings (SSSR count). The van der Waals surface area contributed by atoms with E-state index in [9.17, 15) is 4.79 Å². The first kappa shape index (κ1) is 9.72. The molecule has 0 heterocycles. The molecule has 0 aliphatic carbocycles. The fraction of sp³-hybridized carbons (Fsp3) is 0.833. The van der Waals surface area contributed by atoms with Crippen molar-refractivity contribution < 1.29 is 9.90 Å². The number of alkyl halides is 1. The molecule has 0 amide bonds. The van der Waals surface area contributed by atoms with E-state index < -0.39 is 5.97 Å². The minimum absolute atomic E-state index is 0.167. The Morgan fingerprint density at radius 1 is 1.70 bits per heavy atom. The van der Waals surface area contributed by atoms with Gasteiger partial charge < -0.3 is 5.11 Å². The molecule has 0 spiro atoms. The topological polar surface area (TPSA) is 40.5 Å². The standard InChI is InChI=1S/C6H12ClNO2/c1-2-8(5-7)4-3-6(9)10/h2-5H2,1H3,(H,9,10). The molecule has 0 atom stereocenters. The molecule has 0 aromatic rings. The summed E-state index contributed by atoms with van der Waals surface area (Å²) in [7, 11) is 0. The van der Waals surface area contributed by atoms with Crippen LogP contribution < -0.4 is 0 Å². The Kier molecular flexibility index (Phi) is 5.35. The third-order valence-electron chi connectivity index (χ3n) is 1.26. The monoisotopic (exact) mass is 165 g/mol. The molecule has 0 fully saturated rings. The third kappa shape index (κ3) is 4.58. The summed E-state index contributed by atoms with van der Waals surface area (Å²) in [5.41, 5.74) is 0. The van der Waals surface area contributed by atoms with E-state index in [0.717, 1.165) is 6.54 Å². The summed E-state index contributed by atoms with van der Waals surface area (Å²) in [4.78, 5) is 11.9. The lowest BCUT2D eigenvalue weighted by atomic mass is 10.4. The number of carbonyl (C=O) groups is 1. The van der Waals surface area contributed by atoms with Crippen molar-refractivity contribution in [1.82, 2.24) is 4.90 Å². The number of nitrogens with zero attached hydrogens (tertiary/aromatic N) is 1. The van der Waals surface area contributed by atoms with Gasteiger partial charge in [-0.05, 0) is 6.54 Å². The van der Waals surface area contributed by atoms with Gasteiger partial charge in [-0.25, -0.2) is 0 Å². The molecule has 0 saturated carbocycles. The number of carboxylic acid groups (broad SMARTS) is 1. The number of aliphatic carboxylic acids is 1. The van der Waals surface area contributed by atoms with Crippen molar-refractivity contribution in [3.05, 3.63) is 0 Å². The minimum Gasteiger partial charge on any atom is -0.481 e. The van der Waals surface area contributed by atoms with E-state index in [1.807, 2.05) is 11.8 Å². The molecule has 10 heavy (non-hydrogen) atoms. The Bertz CT molecular complexity index is 104. The van der Waals surface area contributed by atoms with Gasteiger partial charge >= 0.3 is 5.97 Å². The van der Waals surface area contributed by atoms with Crippen molar-refractivity contribution in [2.75, 3.05) is 19.1 Å². The van der Waals surface area contributed by atoms with Gasteiger partial charge in [0.05, 0.1) is 12.4 Å². The Labute approximate surface area is 65.6 Å². The molecule has 0 bridgehead atoms. The predicted molar refractivity (Wildman–Crippen MR) is 40.2 cm³/mol. The van der Waals surface area contributed by atoms with E-state index in [1.165, 1.54) is 0 Å². The van der Waals surface area contributed by atoms with Crippen LogP contribution in [-0.4, -0.2) is 35.1 Å². The zero-order chi connectivity index (χ0) is 7.98. The van der Waals surface area contributed by atoms with Crippen LogP contribution in [0.1, 0.15) is 13.3 Å². The van der Waals surface area contributed by atoms with Crippen LogP contribution in [0, 0.1) is 0 Å². The molecular weight excluding hydrogens is 154 g/mol. The van der Waals surface area contributed by atoms with Gasteiger partial charge in [0.15, 0.2) is 0 Å². The van der Waals surface area contributed by atoms with E-state index in [2.05, 4.69) is 0 Å². The highest BCUT2D eigenvalue weighted by Crippen LogP contribution is 1.92. The van der Waals surface area contributed by atoms with Crippen molar-refractivity contribution in [3.8, 4) is 0 Å². The van der Waals surface area contributed by atoms with Crippen molar-refractivity contribution in [1.29, 1.82) is 0 Å². The second-order valence-corrected chi connectivity index (χ2v) is 2.21. The van der Waals surface area contributed by atoms with Gasteiger partial charge in [-0.2, -0.15) is 0 Å². The van der Waals surface area contributed by atoms with Gasteiger partial charge in [-0.1, -0.05) is 6.92 Å². The normalized spacial score (nSPS) is 10.3. The summed E-state index contributed by atoms with van der Waals surface area (Å²) in [5, 5.41) is 8.28. The number of hydrogen-bond donors (Lipinski definition) is 1. The van der Waals surface area contributed by atoms with Crippen molar-refractivity contribution in [3.63, 3.8) is 0 Å². The molecule has 60 valence electrons. The smallest absolute Gasteiger partial charge is 0.304 e. The molecule has 1 N–H and O–H groups in total. The Hall–Kier alpha value is -0.280. The summed E-state index contributed by atoms with van der Waals surface area (Å²) in [6.07, 6.45) is 0.167. The highest BCUT2D eigenvalue weighted by molar-refractivity contribution is 6.17. The van der Waals surface area contributed by atoms with Gasteiger partial charge in [-0.3, -0.25) is 9.69 Å². The number of rotatable bonds is 5. The van der Waals surface area contributed by atoms with Gasteiger partial charge in [0.2, 0.25) is 0 Å². The fourth-order valence-electron chi connectivity index (χ4n) is 0.556. The number of hydrogen-bond acceptors (Lipinski definition) is 2. The summed E-state index contributed by atoms with van der Waals surface area (Å²) in [6.45, 7) is 3.29. The molecule has 3 nitrogen and oxygen atoms in total. The zero-order valence-corrected chi connectivity index (χ0v) is 6.76. The summed E-state index contributed by atoms with van der Waals surface area (Å²) in [6, 6.07) is 0.407. The van der Waals surface area contributed by atoms with Crippen LogP contribution in [0.3, 0.4) is 0 Å². The van der Waals surface area contributed by atoms with Crippen LogP contribution in [0.15, 0.2) is 0 Å². The molecule has 0 unspecified atom stereocenters. The second-order valence-electron chi connectivity index (χ2n) is 1.97. The van der Waals surface area contributed by atoms with Crippen LogP contribution in [0.4, 0.5) is 0 Å². The fourth-order valence-corrected chi connectivity index (χ4v) is 0.845. The first-order valence-electron chi connectivity index (χ1n) is 3.20. The molecular formula is C6H12ClNO2. The minimum atomic E-state index is -0.774. The van der Waals surface area contributed by atoms with E-state index in [0.29, 0.717) is 12.5 Å². The zero-order valence-electron chi connectivity index (χ0n) is 6.01. The Balaban J connectivity index is 3.34. The summed E-state index contributed by atoms with van der Waals surface area (Å²) in [5.74, 6) is -0.774. The van der Waals surface area contributed by atoms with Gasteiger partial charge in [0, 0.05) is 6.54 Å². The van der Waals surface area contributed by atoms with E-state index in [4.69, 9.17) is 16.7 Å². The Morgan fingerprint density at radius 2 is 2.30 bits per heavy atom. The average Bonchev–Trinajstić information content (AvgIpc) is 1.90. The SMILES string of the molecule is CCN(CCl)CCC(=O)O. The molecule has 0 aliphatic rings. The predicted octanol–water partition coefficient (Wildman–Crippen LogP) is 0.979. The van der Waals surface area contributed by atoms with E-state index in [1.54, 1.807) is 0 Å². The summed E-state index contributed by atoms with van der Waals surface area (Å²) >= 11 is 5.48. The van der Waals surface area contributed by atoms with Crippen LogP contribution >= 0.6 is 11.6 Å². The highest BCUT2D eigenvalue weighted by atomic mass is 35.5. The number of halogens is 1. The average molecular weight is 166 g/mol. The first-order valence-corrected chi connectivity index (χ1v) is 3.74. The maximum atomic E-state index is 10.1. The maximum absolute atomic E-state index is 10.1. The van der Waals surface area contributed by atoms with Gasteiger partial charge in [0.25, 0.3) is 0 Å². The lowest BCUT2D eigenvalue weighted by molar-refractivity contribution is -0.137. The van der Waals surface area contributed by atoms with Crippen LogP contribution in [-0.2, 0) is 4.79 Å². The lowest BCUT2D eigenvalue weighted by Gasteiger charge is -2.14. The molecule has 0 saturated heterocycles. The van der Waals surface area contributed by atoms with Crippen molar-refractivity contribution in [2.24, 2.45) is 0 Å². The largest absolute Gasteiger partial charge is 0.481 e. The van der Waals surface area contributed by atoms with Gasteiger partial charge in [-0.15, -0.1) is 11.6 Å². The van der Waals surface area contributed by atoms with Crippen molar-refractivity contribution in [2.45, 2.75) is 13.3 Å². The van der Waals surface area contributed by atoms with Crippen molar-refractivity contribution >= 4 is 17.6 Å². The van der Waals surface area contributed by atoms with Crippen LogP contribution in [0.5, 0.6) is 0 Å². The molecule has 0 aromatic carbocycles. The third-order valence-corrected chi connectivity index (χ3v) is 1.60. The first-order chi connectivity index (χ1) is 4.70. The maximum Gasteiger partial charge on any atom is 0.304 e. The highest BCUT2D eigenvalue weighted by Gasteiger charge is 2.02.